The fourth-order valence-corrected chi connectivity index (χ4v) is 5.48. The number of hydrogen-bond acceptors (Lipinski definition) is 3. The molecule has 4 rings (SSSR count). The zero-order chi connectivity index (χ0) is 21.7. The van der Waals surface area contributed by atoms with Crippen LogP contribution in [0.15, 0.2) is 59.0 Å². The molecule has 1 atom stereocenters. The number of carbonyl (C=O) groups excluding carboxylic acids is 1. The molecule has 0 radical (unpaired) electrons. The summed E-state index contributed by atoms with van der Waals surface area (Å²) in [7, 11) is -3.73. The van der Waals surface area contributed by atoms with Gasteiger partial charge in [-0.25, -0.2) is 13.1 Å². The number of sulfonamides is 1. The molecule has 1 amide bonds. The van der Waals surface area contributed by atoms with Crippen molar-refractivity contribution >= 4 is 32.4 Å². The zero-order valence-electron chi connectivity index (χ0n) is 17.9. The summed E-state index contributed by atoms with van der Waals surface area (Å²) in [6.45, 7) is 9.34. The molecule has 2 aliphatic rings. The van der Waals surface area contributed by atoms with Gasteiger partial charge in [0.2, 0.25) is 10.0 Å². The third-order valence-electron chi connectivity index (χ3n) is 6.11. The molecule has 0 saturated carbocycles. The summed E-state index contributed by atoms with van der Waals surface area (Å²) in [4.78, 5) is 14.5. The number of amides is 1. The van der Waals surface area contributed by atoms with Crippen molar-refractivity contribution in [3.05, 3.63) is 59.7 Å². The lowest BCUT2D eigenvalue weighted by atomic mass is 9.76. The third-order valence-corrected chi connectivity index (χ3v) is 7.57. The number of carbonyl (C=O) groups is 1. The lowest BCUT2D eigenvalue weighted by Gasteiger charge is -2.29. The second kappa shape index (κ2) is 7.36. The van der Waals surface area contributed by atoms with Crippen LogP contribution in [0.4, 0.5) is 5.69 Å². The monoisotopic (exact) mass is 424 g/mol. The lowest BCUT2D eigenvalue weighted by Crippen LogP contribution is -2.27. The van der Waals surface area contributed by atoms with E-state index in [1.54, 1.807) is 35.2 Å². The Labute approximate surface area is 178 Å². The second-order valence-corrected chi connectivity index (χ2v) is 10.8. The largest absolute Gasteiger partial charge is 0.308 e. The Morgan fingerprint density at radius 2 is 1.93 bits per heavy atom. The maximum Gasteiger partial charge on any atom is 0.258 e. The fraction of sp³-hybridized carbons (Fsp3) is 0.375. The number of nitrogens with zero attached hydrogens (tertiary/aromatic N) is 1. The summed E-state index contributed by atoms with van der Waals surface area (Å²) in [6.07, 6.45) is 7.22. The summed E-state index contributed by atoms with van der Waals surface area (Å²) < 4.78 is 29.0. The number of rotatable bonds is 5. The third kappa shape index (κ3) is 3.48. The van der Waals surface area contributed by atoms with E-state index >= 15 is 0 Å². The summed E-state index contributed by atoms with van der Waals surface area (Å²) in [6, 6.07) is 8.62. The highest BCUT2D eigenvalue weighted by Gasteiger charge is 2.31. The van der Waals surface area contributed by atoms with Crippen LogP contribution >= 0.6 is 0 Å². The van der Waals surface area contributed by atoms with Gasteiger partial charge < -0.3 is 4.90 Å². The van der Waals surface area contributed by atoms with Crippen molar-refractivity contribution in [2.45, 2.75) is 39.0 Å². The van der Waals surface area contributed by atoms with Gasteiger partial charge in [0, 0.05) is 29.4 Å². The molecule has 0 aromatic heterocycles. The Kier molecular flexibility index (Phi) is 5.11. The van der Waals surface area contributed by atoms with Crippen LogP contribution in [-0.2, 0) is 10.0 Å². The number of allylic oxidation sites excluding steroid dienone is 2. The van der Waals surface area contributed by atoms with E-state index in [0.29, 0.717) is 23.4 Å². The Morgan fingerprint density at radius 1 is 1.17 bits per heavy atom. The van der Waals surface area contributed by atoms with Crippen LogP contribution in [0.25, 0.3) is 10.8 Å². The van der Waals surface area contributed by atoms with Crippen molar-refractivity contribution in [1.29, 1.82) is 0 Å². The van der Waals surface area contributed by atoms with Crippen molar-refractivity contribution in [3.63, 3.8) is 0 Å². The quantitative estimate of drug-likeness (QED) is 0.760. The SMILES string of the molecule is CCN1C(=O)c2cccc3c(S(=O)(=O)NCC4=CCC(C(C)(C)C)C=C4)ccc1c23. The van der Waals surface area contributed by atoms with E-state index in [0.717, 1.165) is 23.1 Å². The van der Waals surface area contributed by atoms with Gasteiger partial charge in [-0.1, -0.05) is 51.1 Å². The number of benzene rings is 2. The zero-order valence-corrected chi connectivity index (χ0v) is 18.7. The Morgan fingerprint density at radius 3 is 2.57 bits per heavy atom. The topological polar surface area (TPSA) is 66.5 Å². The van der Waals surface area contributed by atoms with Gasteiger partial charge in [0.1, 0.15) is 0 Å². The first-order valence-electron chi connectivity index (χ1n) is 10.4. The highest BCUT2D eigenvalue weighted by atomic mass is 32.2. The van der Waals surface area contributed by atoms with Gasteiger partial charge >= 0.3 is 0 Å². The molecule has 1 heterocycles. The first-order chi connectivity index (χ1) is 14.1. The molecule has 0 saturated heterocycles. The molecular weight excluding hydrogens is 396 g/mol. The van der Waals surface area contributed by atoms with E-state index in [-0.39, 0.29) is 22.8 Å². The highest BCUT2D eigenvalue weighted by Crippen LogP contribution is 2.40. The molecule has 1 unspecified atom stereocenters. The minimum Gasteiger partial charge on any atom is -0.308 e. The molecule has 1 aliphatic heterocycles. The first kappa shape index (κ1) is 20.8. The van der Waals surface area contributed by atoms with Gasteiger partial charge in [-0.2, -0.15) is 0 Å². The Bertz CT molecular complexity index is 1190. The summed E-state index contributed by atoms with van der Waals surface area (Å²) in [5.74, 6) is 0.375. The molecule has 1 aliphatic carbocycles. The molecule has 1 N–H and O–H groups in total. The van der Waals surface area contributed by atoms with E-state index in [9.17, 15) is 13.2 Å². The maximum atomic E-state index is 13.1. The van der Waals surface area contributed by atoms with Crippen molar-refractivity contribution < 1.29 is 13.2 Å². The van der Waals surface area contributed by atoms with Gasteiger partial charge in [-0.3, -0.25) is 4.79 Å². The van der Waals surface area contributed by atoms with Gasteiger partial charge in [-0.15, -0.1) is 0 Å². The molecule has 0 fully saturated rings. The van der Waals surface area contributed by atoms with Gasteiger partial charge in [0.15, 0.2) is 0 Å². The smallest absolute Gasteiger partial charge is 0.258 e. The molecule has 0 bridgehead atoms. The first-order valence-corrected chi connectivity index (χ1v) is 11.9. The minimum atomic E-state index is -3.73. The van der Waals surface area contributed by atoms with E-state index in [1.807, 2.05) is 13.0 Å². The molecule has 30 heavy (non-hydrogen) atoms. The summed E-state index contributed by atoms with van der Waals surface area (Å²) in [5.41, 5.74) is 2.50. The Hall–Kier alpha value is -2.44. The Balaban J connectivity index is 1.61. The predicted octanol–water partition coefficient (Wildman–Crippen LogP) is 4.65. The molecular formula is C24H28N2O3S. The maximum absolute atomic E-state index is 13.1. The van der Waals surface area contributed by atoms with Crippen LogP contribution < -0.4 is 9.62 Å². The van der Waals surface area contributed by atoms with E-state index in [1.165, 1.54) is 0 Å². The standard InChI is InChI=1S/C24H28N2O3S/c1-5-26-20-13-14-21(18-7-6-8-19(22(18)20)23(26)27)30(28,29)25-15-16-9-11-17(12-10-16)24(2,3)4/h6-11,13-14,17,25H,5,12,15H2,1-4H3. The van der Waals surface area contributed by atoms with Gasteiger partial charge in [-0.05, 0) is 48.4 Å². The average Bonchev–Trinajstić information content (AvgIpc) is 2.99. The van der Waals surface area contributed by atoms with Crippen LogP contribution in [0, 0.1) is 11.3 Å². The molecule has 0 spiro atoms. The number of nitrogens with one attached hydrogen (secondary N) is 1. The summed E-state index contributed by atoms with van der Waals surface area (Å²) >= 11 is 0. The average molecular weight is 425 g/mol. The van der Waals surface area contributed by atoms with E-state index < -0.39 is 10.0 Å². The van der Waals surface area contributed by atoms with E-state index in [4.69, 9.17) is 0 Å². The predicted molar refractivity (Wildman–Crippen MR) is 121 cm³/mol. The number of anilines is 1. The number of hydrogen-bond donors (Lipinski definition) is 1. The fourth-order valence-electron chi connectivity index (χ4n) is 4.26. The van der Waals surface area contributed by atoms with Gasteiger partial charge in [0.25, 0.3) is 5.91 Å². The highest BCUT2D eigenvalue weighted by molar-refractivity contribution is 7.89. The van der Waals surface area contributed by atoms with Crippen LogP contribution in [0.3, 0.4) is 0 Å². The van der Waals surface area contributed by atoms with Crippen LogP contribution in [-0.4, -0.2) is 27.4 Å². The second-order valence-electron chi connectivity index (χ2n) is 9.03. The van der Waals surface area contributed by atoms with Gasteiger partial charge in [0.05, 0.1) is 10.6 Å². The molecule has 5 nitrogen and oxygen atoms in total. The van der Waals surface area contributed by atoms with Crippen LogP contribution in [0.1, 0.15) is 44.5 Å². The lowest BCUT2D eigenvalue weighted by molar-refractivity contribution is 0.0994. The van der Waals surface area contributed by atoms with Crippen LogP contribution in [0.5, 0.6) is 0 Å². The molecule has 158 valence electrons. The van der Waals surface area contributed by atoms with Crippen LogP contribution in [0.2, 0.25) is 0 Å². The van der Waals surface area contributed by atoms with Crippen molar-refractivity contribution in [2.75, 3.05) is 18.0 Å². The van der Waals surface area contributed by atoms with Crippen molar-refractivity contribution in [3.8, 4) is 0 Å². The van der Waals surface area contributed by atoms with E-state index in [2.05, 4.69) is 37.6 Å². The molecule has 2 aromatic rings. The van der Waals surface area contributed by atoms with Crippen molar-refractivity contribution in [1.82, 2.24) is 4.72 Å². The molecule has 2 aromatic carbocycles. The summed E-state index contributed by atoms with van der Waals surface area (Å²) in [5, 5.41) is 1.31. The van der Waals surface area contributed by atoms with Crippen molar-refractivity contribution in [2.24, 2.45) is 11.3 Å². The molecule has 6 heteroatoms. The normalized spacial score (nSPS) is 18.9. The minimum absolute atomic E-state index is 0.0773.